The largest absolute Gasteiger partial charge is 0.345 e. The molecule has 0 spiro atoms. The molecule has 16 heavy (non-hydrogen) atoms. The highest BCUT2D eigenvalue weighted by Crippen LogP contribution is 2.10. The number of carbonyl (C=O) groups is 1. The molecule has 0 fully saturated rings. The van der Waals surface area contributed by atoms with Crippen LogP contribution in [-0.2, 0) is 0 Å². The number of carbonyl (C=O) groups excluding carboxylic acids is 1. The molecule has 0 aliphatic heterocycles. The van der Waals surface area contributed by atoms with E-state index in [0.717, 1.165) is 0 Å². The Bertz CT molecular complexity index is 500. The number of nitrogens with one attached hydrogen (secondary N) is 1. The van der Waals surface area contributed by atoms with E-state index in [4.69, 9.17) is 11.6 Å². The molecule has 1 aromatic heterocycles. The quantitative estimate of drug-likeness (QED) is 0.653. The van der Waals surface area contributed by atoms with Crippen LogP contribution >= 0.6 is 11.6 Å². The third kappa shape index (κ3) is 2.58. The number of H-pyrrole nitrogens is 1. The number of aromatic nitrogens is 2. The van der Waals surface area contributed by atoms with E-state index in [9.17, 15) is 4.79 Å². The van der Waals surface area contributed by atoms with Gasteiger partial charge in [-0.3, -0.25) is 4.79 Å². The Morgan fingerprint density at radius 1 is 1.31 bits per heavy atom. The van der Waals surface area contributed by atoms with Crippen molar-refractivity contribution in [2.45, 2.75) is 0 Å². The van der Waals surface area contributed by atoms with Gasteiger partial charge in [0.2, 0.25) is 0 Å². The highest BCUT2D eigenvalue weighted by atomic mass is 35.5. The van der Waals surface area contributed by atoms with Crippen molar-refractivity contribution in [1.82, 2.24) is 9.97 Å². The molecule has 0 amide bonds. The fourth-order valence-electron chi connectivity index (χ4n) is 1.23. The second-order valence-electron chi connectivity index (χ2n) is 3.18. The lowest BCUT2D eigenvalue weighted by Crippen LogP contribution is -1.93. The van der Waals surface area contributed by atoms with Crippen molar-refractivity contribution in [3.63, 3.8) is 0 Å². The molecule has 80 valence electrons. The van der Waals surface area contributed by atoms with Gasteiger partial charge >= 0.3 is 0 Å². The molecule has 0 atom stereocenters. The number of halogens is 1. The number of allylic oxidation sites excluding steroid dienone is 1. The number of ketones is 1. The molecule has 2 aromatic rings. The highest BCUT2D eigenvalue weighted by molar-refractivity contribution is 6.30. The summed E-state index contributed by atoms with van der Waals surface area (Å²) in [6.07, 6.45) is 6.44. The van der Waals surface area contributed by atoms with Gasteiger partial charge in [-0.2, -0.15) is 0 Å². The molecule has 1 heterocycles. The van der Waals surface area contributed by atoms with Crippen molar-refractivity contribution >= 4 is 23.5 Å². The van der Waals surface area contributed by atoms with Gasteiger partial charge in [0.25, 0.3) is 0 Å². The summed E-state index contributed by atoms with van der Waals surface area (Å²) >= 11 is 5.73. The van der Waals surface area contributed by atoms with Gasteiger partial charge in [-0.05, 0) is 36.4 Å². The molecule has 1 aromatic carbocycles. The summed E-state index contributed by atoms with van der Waals surface area (Å²) in [5.41, 5.74) is 0.604. The Morgan fingerprint density at radius 2 is 2.06 bits per heavy atom. The van der Waals surface area contributed by atoms with Gasteiger partial charge < -0.3 is 4.98 Å². The zero-order valence-electron chi connectivity index (χ0n) is 8.35. The lowest BCUT2D eigenvalue weighted by Gasteiger charge is -1.94. The van der Waals surface area contributed by atoms with Gasteiger partial charge in [-0.25, -0.2) is 4.98 Å². The SMILES string of the molecule is O=C(C=Cc1ncc[nH]1)c1ccc(Cl)cc1. The summed E-state index contributed by atoms with van der Waals surface area (Å²) < 4.78 is 0. The molecule has 0 aliphatic rings. The molecule has 0 saturated carbocycles. The first-order chi connectivity index (χ1) is 7.75. The smallest absolute Gasteiger partial charge is 0.185 e. The fraction of sp³-hybridized carbons (Fsp3) is 0. The van der Waals surface area contributed by atoms with E-state index in [2.05, 4.69) is 9.97 Å². The van der Waals surface area contributed by atoms with Crippen LogP contribution in [0.15, 0.2) is 42.7 Å². The number of benzene rings is 1. The van der Waals surface area contributed by atoms with E-state index in [1.54, 1.807) is 42.7 Å². The Balaban J connectivity index is 2.11. The minimum absolute atomic E-state index is 0.0759. The minimum Gasteiger partial charge on any atom is -0.345 e. The molecule has 0 saturated heterocycles. The summed E-state index contributed by atoms with van der Waals surface area (Å²) in [5, 5.41) is 0.617. The first kappa shape index (κ1) is 10.6. The number of hydrogen-bond acceptors (Lipinski definition) is 2. The predicted molar refractivity (Wildman–Crippen MR) is 63.4 cm³/mol. The van der Waals surface area contributed by atoms with Crippen molar-refractivity contribution in [2.24, 2.45) is 0 Å². The third-order valence-electron chi connectivity index (χ3n) is 2.04. The van der Waals surface area contributed by atoms with E-state index < -0.39 is 0 Å². The van der Waals surface area contributed by atoms with Crippen LogP contribution in [0.3, 0.4) is 0 Å². The lowest BCUT2D eigenvalue weighted by atomic mass is 10.1. The first-order valence-electron chi connectivity index (χ1n) is 4.73. The fourth-order valence-corrected chi connectivity index (χ4v) is 1.36. The highest BCUT2D eigenvalue weighted by Gasteiger charge is 2.00. The van der Waals surface area contributed by atoms with E-state index in [1.807, 2.05) is 0 Å². The van der Waals surface area contributed by atoms with Gasteiger partial charge in [0.05, 0.1) is 0 Å². The molecule has 3 nitrogen and oxygen atoms in total. The van der Waals surface area contributed by atoms with Crippen LogP contribution in [0.4, 0.5) is 0 Å². The standard InChI is InChI=1S/C12H9ClN2O/c13-10-3-1-9(2-4-10)11(16)5-6-12-14-7-8-15-12/h1-8H,(H,14,15). The van der Waals surface area contributed by atoms with E-state index in [0.29, 0.717) is 16.4 Å². The lowest BCUT2D eigenvalue weighted by molar-refractivity contribution is 0.104. The topological polar surface area (TPSA) is 45.8 Å². The average Bonchev–Trinajstić information content (AvgIpc) is 2.80. The second kappa shape index (κ2) is 4.77. The zero-order valence-corrected chi connectivity index (χ0v) is 9.11. The van der Waals surface area contributed by atoms with Gasteiger partial charge in [0.15, 0.2) is 5.78 Å². The summed E-state index contributed by atoms with van der Waals surface area (Å²) in [6, 6.07) is 6.76. The summed E-state index contributed by atoms with van der Waals surface area (Å²) in [6.45, 7) is 0. The molecule has 2 rings (SSSR count). The number of aromatic amines is 1. The van der Waals surface area contributed by atoms with Gasteiger partial charge in [0.1, 0.15) is 5.82 Å². The predicted octanol–water partition coefficient (Wildman–Crippen LogP) is 2.96. The van der Waals surface area contributed by atoms with Crippen molar-refractivity contribution in [2.75, 3.05) is 0 Å². The van der Waals surface area contributed by atoms with Gasteiger partial charge in [-0.1, -0.05) is 11.6 Å². The first-order valence-corrected chi connectivity index (χ1v) is 5.11. The molecule has 0 unspecified atom stereocenters. The molecule has 0 radical (unpaired) electrons. The number of imidazole rings is 1. The van der Waals surface area contributed by atoms with Crippen LogP contribution in [0.25, 0.3) is 6.08 Å². The van der Waals surface area contributed by atoms with Crippen molar-refractivity contribution in [3.8, 4) is 0 Å². The van der Waals surface area contributed by atoms with Gasteiger partial charge in [0, 0.05) is 23.0 Å². The van der Waals surface area contributed by atoms with Crippen LogP contribution in [-0.4, -0.2) is 15.8 Å². The maximum Gasteiger partial charge on any atom is 0.185 e. The maximum atomic E-state index is 11.7. The normalized spacial score (nSPS) is 10.8. The summed E-state index contributed by atoms with van der Waals surface area (Å²) in [5.74, 6) is 0.579. The maximum absolute atomic E-state index is 11.7. The van der Waals surface area contributed by atoms with Crippen molar-refractivity contribution in [3.05, 3.63) is 59.1 Å². The zero-order chi connectivity index (χ0) is 11.4. The molecule has 1 N–H and O–H groups in total. The van der Waals surface area contributed by atoms with Crippen LogP contribution in [0, 0.1) is 0 Å². The van der Waals surface area contributed by atoms with E-state index in [-0.39, 0.29) is 5.78 Å². The Labute approximate surface area is 97.8 Å². The Kier molecular flexibility index (Phi) is 3.17. The molecule has 0 aliphatic carbocycles. The number of nitrogens with zero attached hydrogens (tertiary/aromatic N) is 1. The molecular weight excluding hydrogens is 224 g/mol. The van der Waals surface area contributed by atoms with Crippen LogP contribution in [0.5, 0.6) is 0 Å². The monoisotopic (exact) mass is 232 g/mol. The minimum atomic E-state index is -0.0759. The van der Waals surface area contributed by atoms with Crippen molar-refractivity contribution < 1.29 is 4.79 Å². The van der Waals surface area contributed by atoms with Crippen LogP contribution in [0.2, 0.25) is 5.02 Å². The van der Waals surface area contributed by atoms with Crippen LogP contribution < -0.4 is 0 Å². The van der Waals surface area contributed by atoms with Crippen molar-refractivity contribution in [1.29, 1.82) is 0 Å². The summed E-state index contributed by atoms with van der Waals surface area (Å²) in [7, 11) is 0. The Hall–Kier alpha value is -1.87. The van der Waals surface area contributed by atoms with Gasteiger partial charge in [-0.15, -0.1) is 0 Å². The number of hydrogen-bond donors (Lipinski definition) is 1. The van der Waals surface area contributed by atoms with Crippen LogP contribution in [0.1, 0.15) is 16.2 Å². The number of rotatable bonds is 3. The Morgan fingerprint density at radius 3 is 2.69 bits per heavy atom. The molecule has 0 bridgehead atoms. The molecular formula is C12H9ClN2O. The third-order valence-corrected chi connectivity index (χ3v) is 2.29. The average molecular weight is 233 g/mol. The second-order valence-corrected chi connectivity index (χ2v) is 3.62. The van der Waals surface area contributed by atoms with E-state index >= 15 is 0 Å². The molecule has 4 heteroatoms. The summed E-state index contributed by atoms with van der Waals surface area (Å²) in [4.78, 5) is 18.5. The van der Waals surface area contributed by atoms with E-state index in [1.165, 1.54) is 6.08 Å².